The van der Waals surface area contributed by atoms with Gasteiger partial charge in [0.2, 0.25) is 5.91 Å². The van der Waals surface area contributed by atoms with Crippen molar-refractivity contribution in [3.05, 3.63) is 0 Å². The third kappa shape index (κ3) is 5.49. The third-order valence-electron chi connectivity index (χ3n) is 4.32. The maximum absolute atomic E-state index is 12.2. The van der Waals surface area contributed by atoms with Crippen LogP contribution >= 0.6 is 0 Å². The Hall–Kier alpha value is -0.610. The predicted molar refractivity (Wildman–Crippen MR) is 80.2 cm³/mol. The second-order valence-corrected chi connectivity index (χ2v) is 5.86. The summed E-state index contributed by atoms with van der Waals surface area (Å²) in [6, 6.07) is 0.529. The number of hydrogen-bond acceptors (Lipinski definition) is 3. The molecule has 0 radical (unpaired) electrons. The third-order valence-corrected chi connectivity index (χ3v) is 4.32. The molecule has 0 bridgehead atoms. The van der Waals surface area contributed by atoms with Crippen LogP contribution < -0.4 is 5.32 Å². The van der Waals surface area contributed by atoms with E-state index in [2.05, 4.69) is 38.0 Å². The fourth-order valence-electron chi connectivity index (χ4n) is 2.65. The molecule has 1 rings (SSSR count). The molecule has 2 unspecified atom stereocenters. The SMILES string of the molecule is CCC(C)CC(CC)N(C)CC(=O)N1CCNCC1. The van der Waals surface area contributed by atoms with Gasteiger partial charge in [-0.1, -0.05) is 27.2 Å². The largest absolute Gasteiger partial charge is 0.339 e. The molecule has 0 spiro atoms. The monoisotopic (exact) mass is 269 g/mol. The standard InChI is InChI=1S/C15H31N3O/c1-5-13(3)11-14(6-2)17(4)12-15(19)18-9-7-16-8-10-18/h13-14,16H,5-12H2,1-4H3. The van der Waals surface area contributed by atoms with Gasteiger partial charge in [0.1, 0.15) is 0 Å². The van der Waals surface area contributed by atoms with Gasteiger partial charge in [0, 0.05) is 32.2 Å². The van der Waals surface area contributed by atoms with E-state index in [1.165, 1.54) is 12.8 Å². The first-order chi connectivity index (χ1) is 9.08. The van der Waals surface area contributed by atoms with Gasteiger partial charge in [0.25, 0.3) is 0 Å². The second-order valence-electron chi connectivity index (χ2n) is 5.86. The molecule has 19 heavy (non-hydrogen) atoms. The highest BCUT2D eigenvalue weighted by atomic mass is 16.2. The molecule has 1 fully saturated rings. The number of amides is 1. The lowest BCUT2D eigenvalue weighted by Crippen LogP contribution is -2.50. The zero-order chi connectivity index (χ0) is 14.3. The Morgan fingerprint density at radius 3 is 2.42 bits per heavy atom. The van der Waals surface area contributed by atoms with Crippen LogP contribution in [-0.2, 0) is 4.79 Å². The number of nitrogens with zero attached hydrogens (tertiary/aromatic N) is 2. The molecule has 2 atom stereocenters. The van der Waals surface area contributed by atoms with Crippen molar-refractivity contribution in [1.29, 1.82) is 0 Å². The predicted octanol–water partition coefficient (Wildman–Crippen LogP) is 1.56. The highest BCUT2D eigenvalue weighted by Crippen LogP contribution is 2.16. The summed E-state index contributed by atoms with van der Waals surface area (Å²) in [5.41, 5.74) is 0. The van der Waals surface area contributed by atoms with E-state index in [1.807, 2.05) is 4.90 Å². The van der Waals surface area contributed by atoms with Crippen molar-refractivity contribution in [1.82, 2.24) is 15.1 Å². The molecule has 0 aromatic rings. The van der Waals surface area contributed by atoms with Gasteiger partial charge in [-0.15, -0.1) is 0 Å². The minimum atomic E-state index is 0.284. The lowest BCUT2D eigenvalue weighted by Gasteiger charge is -2.33. The van der Waals surface area contributed by atoms with Crippen molar-refractivity contribution >= 4 is 5.91 Å². The molecule has 1 aliphatic rings. The Kier molecular flexibility index (Phi) is 7.39. The lowest BCUT2D eigenvalue weighted by molar-refractivity contribution is -0.133. The molecule has 1 saturated heterocycles. The Morgan fingerprint density at radius 1 is 1.26 bits per heavy atom. The van der Waals surface area contributed by atoms with Crippen LogP contribution in [0.5, 0.6) is 0 Å². The van der Waals surface area contributed by atoms with Gasteiger partial charge in [0.15, 0.2) is 0 Å². The fraction of sp³-hybridized carbons (Fsp3) is 0.933. The molecular formula is C15H31N3O. The molecule has 0 aromatic carbocycles. The quantitative estimate of drug-likeness (QED) is 0.762. The van der Waals surface area contributed by atoms with Crippen molar-refractivity contribution in [2.45, 2.75) is 46.1 Å². The van der Waals surface area contributed by atoms with Crippen LogP contribution in [0.3, 0.4) is 0 Å². The summed E-state index contributed by atoms with van der Waals surface area (Å²) in [4.78, 5) is 16.5. The topological polar surface area (TPSA) is 35.6 Å². The lowest BCUT2D eigenvalue weighted by atomic mass is 9.97. The maximum Gasteiger partial charge on any atom is 0.236 e. The number of carbonyl (C=O) groups excluding carboxylic acids is 1. The van der Waals surface area contributed by atoms with Crippen molar-refractivity contribution in [3.8, 4) is 0 Å². The van der Waals surface area contributed by atoms with Crippen LogP contribution in [-0.4, -0.2) is 61.5 Å². The number of rotatable bonds is 7. The van der Waals surface area contributed by atoms with E-state index in [1.54, 1.807) is 0 Å². The molecule has 112 valence electrons. The van der Waals surface area contributed by atoms with Crippen molar-refractivity contribution in [2.24, 2.45) is 5.92 Å². The van der Waals surface area contributed by atoms with Gasteiger partial charge in [-0.3, -0.25) is 9.69 Å². The van der Waals surface area contributed by atoms with E-state index in [0.29, 0.717) is 12.6 Å². The first-order valence-corrected chi connectivity index (χ1v) is 7.77. The molecule has 1 heterocycles. The molecular weight excluding hydrogens is 238 g/mol. The molecule has 0 aromatic heterocycles. The van der Waals surface area contributed by atoms with Crippen molar-refractivity contribution in [3.63, 3.8) is 0 Å². The zero-order valence-corrected chi connectivity index (χ0v) is 13.1. The molecule has 0 saturated carbocycles. The number of piperazine rings is 1. The maximum atomic E-state index is 12.2. The average Bonchev–Trinajstić information content (AvgIpc) is 2.45. The smallest absolute Gasteiger partial charge is 0.236 e. The van der Waals surface area contributed by atoms with E-state index < -0.39 is 0 Å². The Labute approximate surface area is 118 Å². The Morgan fingerprint density at radius 2 is 1.89 bits per heavy atom. The van der Waals surface area contributed by atoms with E-state index in [0.717, 1.165) is 38.5 Å². The van der Waals surface area contributed by atoms with Gasteiger partial charge < -0.3 is 10.2 Å². The molecule has 1 N–H and O–H groups in total. The van der Waals surface area contributed by atoms with Crippen LogP contribution in [0.1, 0.15) is 40.0 Å². The van der Waals surface area contributed by atoms with Gasteiger partial charge in [-0.2, -0.15) is 0 Å². The highest BCUT2D eigenvalue weighted by Gasteiger charge is 2.21. The molecule has 4 nitrogen and oxygen atoms in total. The van der Waals surface area contributed by atoms with Crippen molar-refractivity contribution < 1.29 is 4.79 Å². The summed E-state index contributed by atoms with van der Waals surface area (Å²) in [5.74, 6) is 1.02. The van der Waals surface area contributed by atoms with E-state index in [4.69, 9.17) is 0 Å². The Balaban J connectivity index is 2.41. The van der Waals surface area contributed by atoms with E-state index in [9.17, 15) is 4.79 Å². The minimum Gasteiger partial charge on any atom is -0.339 e. The van der Waals surface area contributed by atoms with Crippen molar-refractivity contribution in [2.75, 3.05) is 39.8 Å². The van der Waals surface area contributed by atoms with E-state index in [-0.39, 0.29) is 5.91 Å². The summed E-state index contributed by atoms with van der Waals surface area (Å²) >= 11 is 0. The van der Waals surface area contributed by atoms with Crippen LogP contribution in [0.2, 0.25) is 0 Å². The van der Waals surface area contributed by atoms with Crippen LogP contribution in [0.25, 0.3) is 0 Å². The van der Waals surface area contributed by atoms with Crippen LogP contribution in [0.4, 0.5) is 0 Å². The fourth-order valence-corrected chi connectivity index (χ4v) is 2.65. The summed E-state index contributed by atoms with van der Waals surface area (Å²) in [6.45, 7) is 10.9. The van der Waals surface area contributed by atoms with Crippen LogP contribution in [0.15, 0.2) is 0 Å². The molecule has 0 aliphatic carbocycles. The van der Waals surface area contributed by atoms with Gasteiger partial charge in [-0.05, 0) is 25.8 Å². The zero-order valence-electron chi connectivity index (χ0n) is 13.1. The summed E-state index contributed by atoms with van der Waals surface area (Å²) < 4.78 is 0. The molecule has 4 heteroatoms. The first kappa shape index (κ1) is 16.4. The summed E-state index contributed by atoms with van der Waals surface area (Å²) in [6.07, 6.45) is 3.53. The highest BCUT2D eigenvalue weighted by molar-refractivity contribution is 5.78. The number of nitrogens with one attached hydrogen (secondary N) is 1. The normalized spacial score (nSPS) is 19.5. The number of likely N-dealkylation sites (N-methyl/N-ethyl adjacent to an activating group) is 1. The summed E-state index contributed by atoms with van der Waals surface area (Å²) in [5, 5.41) is 3.28. The van der Waals surface area contributed by atoms with Gasteiger partial charge in [0.05, 0.1) is 6.54 Å². The van der Waals surface area contributed by atoms with Gasteiger partial charge in [-0.25, -0.2) is 0 Å². The van der Waals surface area contributed by atoms with Crippen LogP contribution in [0, 0.1) is 5.92 Å². The molecule has 1 aliphatic heterocycles. The molecule has 1 amide bonds. The minimum absolute atomic E-state index is 0.284. The average molecular weight is 269 g/mol. The summed E-state index contributed by atoms with van der Waals surface area (Å²) in [7, 11) is 2.09. The first-order valence-electron chi connectivity index (χ1n) is 7.77. The van der Waals surface area contributed by atoms with E-state index >= 15 is 0 Å². The second kappa shape index (κ2) is 8.54. The number of hydrogen-bond donors (Lipinski definition) is 1. The Bertz CT molecular complexity index is 264. The number of carbonyl (C=O) groups is 1. The van der Waals surface area contributed by atoms with Gasteiger partial charge >= 0.3 is 0 Å².